The summed E-state index contributed by atoms with van der Waals surface area (Å²) in [5.74, 6) is 3.12. The van der Waals surface area contributed by atoms with Crippen LogP contribution in [0.1, 0.15) is 24.5 Å². The van der Waals surface area contributed by atoms with Gasteiger partial charge in [0.1, 0.15) is 28.0 Å². The topological polar surface area (TPSA) is 130 Å². The van der Waals surface area contributed by atoms with Crippen LogP contribution in [0.4, 0.5) is 34.6 Å². The Morgan fingerprint density at radius 1 is 0.894 bits per heavy atom. The Bertz CT molecular complexity index is 1800. The largest absolute Gasteiger partial charge is 0.497 e. The summed E-state index contributed by atoms with van der Waals surface area (Å²) in [6, 6.07) is 20.9. The Morgan fingerprint density at radius 3 is 2.43 bits per heavy atom. The molecule has 1 aromatic heterocycles. The summed E-state index contributed by atoms with van der Waals surface area (Å²) in [6.07, 6.45) is 1.37. The zero-order valence-electron chi connectivity index (χ0n) is 27.0. The molecule has 0 aliphatic carbocycles. The van der Waals surface area contributed by atoms with Crippen molar-refractivity contribution in [2.45, 2.75) is 31.2 Å². The molecule has 4 aromatic rings. The van der Waals surface area contributed by atoms with E-state index in [2.05, 4.69) is 25.2 Å². The third kappa shape index (κ3) is 7.37. The minimum atomic E-state index is -3.75. The minimum Gasteiger partial charge on any atom is -0.497 e. The number of anilines is 6. The van der Waals surface area contributed by atoms with Crippen LogP contribution in [0.2, 0.25) is 0 Å². The summed E-state index contributed by atoms with van der Waals surface area (Å²) in [7, 11) is -0.454. The average molecular weight is 660 g/mol. The molecule has 0 spiro atoms. The summed E-state index contributed by atoms with van der Waals surface area (Å²) < 4.78 is 45.8. The van der Waals surface area contributed by atoms with Crippen molar-refractivity contribution in [2.75, 3.05) is 74.0 Å². The minimum absolute atomic E-state index is 0.156. The van der Waals surface area contributed by atoms with Gasteiger partial charge < -0.3 is 34.6 Å². The molecule has 0 radical (unpaired) electrons. The molecule has 47 heavy (non-hydrogen) atoms. The standard InChI is InChI=1S/C34H41N7O5S/c1-4-16-35-47(42,43)31-8-6-5-7-29(31)36-32-27-15-17-41(23-24-9-12-26(44-2)13-10-24)33(27)39-34(38-32)37-28-14-11-25(22-30(28)45-3)40-18-20-46-21-19-40/h5-14,22,35H,4,15-21,23H2,1-3H3,(H2,36,37,38,39). The maximum absolute atomic E-state index is 13.2. The van der Waals surface area contributed by atoms with Gasteiger partial charge in [-0.3, -0.25) is 0 Å². The number of ether oxygens (including phenoxy) is 3. The van der Waals surface area contributed by atoms with E-state index in [9.17, 15) is 8.42 Å². The molecule has 0 amide bonds. The SMILES string of the molecule is CCCNS(=O)(=O)c1ccccc1Nc1nc(Nc2ccc(N3CCOCC3)cc2OC)nc2c1CCN2Cc1ccc(OC)cc1. The second kappa shape index (κ2) is 14.4. The molecule has 0 unspecified atom stereocenters. The van der Waals surface area contributed by atoms with E-state index < -0.39 is 10.0 Å². The number of aromatic nitrogens is 2. The first kappa shape index (κ1) is 32.4. The maximum Gasteiger partial charge on any atom is 0.242 e. The quantitative estimate of drug-likeness (QED) is 0.178. The smallest absolute Gasteiger partial charge is 0.242 e. The van der Waals surface area contributed by atoms with E-state index >= 15 is 0 Å². The zero-order chi connectivity index (χ0) is 32.8. The van der Waals surface area contributed by atoms with Crippen molar-refractivity contribution in [3.05, 3.63) is 77.9 Å². The molecule has 12 nitrogen and oxygen atoms in total. The van der Waals surface area contributed by atoms with E-state index in [-0.39, 0.29) is 4.90 Å². The Hall–Kier alpha value is -4.59. The van der Waals surface area contributed by atoms with E-state index in [1.165, 1.54) is 0 Å². The van der Waals surface area contributed by atoms with Gasteiger partial charge >= 0.3 is 0 Å². The fourth-order valence-corrected chi connectivity index (χ4v) is 7.04. The number of morpholine rings is 1. The Labute approximate surface area is 276 Å². The molecule has 1 fully saturated rings. The third-order valence-electron chi connectivity index (χ3n) is 8.23. The van der Waals surface area contributed by atoms with Crippen LogP contribution in [-0.2, 0) is 27.7 Å². The fourth-order valence-electron chi connectivity index (χ4n) is 5.75. The first-order chi connectivity index (χ1) is 22.9. The molecule has 3 heterocycles. The van der Waals surface area contributed by atoms with Crippen LogP contribution in [0.15, 0.2) is 71.6 Å². The van der Waals surface area contributed by atoms with Gasteiger partial charge in [-0.05, 0) is 54.8 Å². The summed E-state index contributed by atoms with van der Waals surface area (Å²) in [6.45, 7) is 6.64. The lowest BCUT2D eigenvalue weighted by Crippen LogP contribution is -2.36. The van der Waals surface area contributed by atoms with Gasteiger partial charge in [0.05, 0.1) is 38.8 Å². The second-order valence-electron chi connectivity index (χ2n) is 11.3. The molecular formula is C34H41N7O5S. The van der Waals surface area contributed by atoms with Crippen molar-refractivity contribution in [3.8, 4) is 11.5 Å². The lowest BCUT2D eigenvalue weighted by molar-refractivity contribution is 0.122. The van der Waals surface area contributed by atoms with E-state index in [0.29, 0.717) is 68.0 Å². The van der Waals surface area contributed by atoms with Crippen LogP contribution in [0, 0.1) is 0 Å². The molecule has 1 saturated heterocycles. The van der Waals surface area contributed by atoms with Gasteiger partial charge in [-0.1, -0.05) is 31.2 Å². The highest BCUT2D eigenvalue weighted by Crippen LogP contribution is 2.38. The first-order valence-corrected chi connectivity index (χ1v) is 17.3. The molecule has 0 saturated carbocycles. The van der Waals surface area contributed by atoms with Gasteiger partial charge in [0, 0.05) is 50.0 Å². The van der Waals surface area contributed by atoms with Crippen LogP contribution in [0.25, 0.3) is 0 Å². The van der Waals surface area contributed by atoms with Crippen LogP contribution in [0.3, 0.4) is 0 Å². The lowest BCUT2D eigenvalue weighted by Gasteiger charge is -2.29. The van der Waals surface area contributed by atoms with E-state index in [0.717, 1.165) is 48.0 Å². The summed E-state index contributed by atoms with van der Waals surface area (Å²) in [5, 5.41) is 6.74. The first-order valence-electron chi connectivity index (χ1n) is 15.8. The predicted octanol–water partition coefficient (Wildman–Crippen LogP) is 5.07. The molecule has 3 N–H and O–H groups in total. The third-order valence-corrected chi connectivity index (χ3v) is 9.75. The van der Waals surface area contributed by atoms with Crippen LogP contribution < -0.4 is 34.6 Å². The van der Waals surface area contributed by atoms with Crippen molar-refractivity contribution < 1.29 is 22.6 Å². The van der Waals surface area contributed by atoms with Gasteiger partial charge in [0.2, 0.25) is 16.0 Å². The summed E-state index contributed by atoms with van der Waals surface area (Å²) in [5.41, 5.74) is 4.21. The highest BCUT2D eigenvalue weighted by molar-refractivity contribution is 7.89. The molecule has 2 aliphatic heterocycles. The molecular weight excluding hydrogens is 618 g/mol. The van der Waals surface area contributed by atoms with Gasteiger partial charge in [-0.15, -0.1) is 0 Å². The van der Waals surface area contributed by atoms with Crippen molar-refractivity contribution >= 4 is 44.7 Å². The number of methoxy groups -OCH3 is 2. The maximum atomic E-state index is 13.2. The number of para-hydroxylation sites is 1. The van der Waals surface area contributed by atoms with Crippen molar-refractivity contribution in [2.24, 2.45) is 0 Å². The number of fused-ring (bicyclic) bond motifs is 1. The highest BCUT2D eigenvalue weighted by Gasteiger charge is 2.28. The van der Waals surface area contributed by atoms with Gasteiger partial charge in [0.15, 0.2) is 0 Å². The average Bonchev–Trinajstić information content (AvgIpc) is 3.51. The van der Waals surface area contributed by atoms with Gasteiger partial charge in [-0.2, -0.15) is 9.97 Å². The Morgan fingerprint density at radius 2 is 1.68 bits per heavy atom. The van der Waals surface area contributed by atoms with E-state index in [1.807, 2.05) is 49.4 Å². The predicted molar refractivity (Wildman–Crippen MR) is 184 cm³/mol. The molecule has 0 atom stereocenters. The summed E-state index contributed by atoms with van der Waals surface area (Å²) >= 11 is 0. The van der Waals surface area contributed by atoms with Crippen LogP contribution in [0.5, 0.6) is 11.5 Å². The molecule has 2 aliphatic rings. The highest BCUT2D eigenvalue weighted by atomic mass is 32.2. The normalized spacial score (nSPS) is 14.5. The van der Waals surface area contributed by atoms with Crippen molar-refractivity contribution in [3.63, 3.8) is 0 Å². The molecule has 0 bridgehead atoms. The number of sulfonamides is 1. The van der Waals surface area contributed by atoms with E-state index in [1.54, 1.807) is 38.5 Å². The van der Waals surface area contributed by atoms with Crippen LogP contribution in [-0.4, -0.2) is 72.0 Å². The van der Waals surface area contributed by atoms with Crippen molar-refractivity contribution in [1.29, 1.82) is 0 Å². The van der Waals surface area contributed by atoms with E-state index in [4.69, 9.17) is 24.2 Å². The van der Waals surface area contributed by atoms with Crippen LogP contribution >= 0.6 is 0 Å². The monoisotopic (exact) mass is 659 g/mol. The number of rotatable bonds is 13. The fraction of sp³-hybridized carbons (Fsp3) is 0.353. The number of hydrogen-bond acceptors (Lipinski definition) is 11. The van der Waals surface area contributed by atoms with Gasteiger partial charge in [0.25, 0.3) is 0 Å². The molecule has 3 aromatic carbocycles. The number of nitrogens with zero attached hydrogens (tertiary/aromatic N) is 4. The molecule has 6 rings (SSSR count). The second-order valence-corrected chi connectivity index (χ2v) is 13.1. The Kier molecular flexibility index (Phi) is 9.95. The number of nitrogens with one attached hydrogen (secondary N) is 3. The summed E-state index contributed by atoms with van der Waals surface area (Å²) in [4.78, 5) is 14.5. The molecule has 13 heteroatoms. The molecule has 248 valence electrons. The number of hydrogen-bond donors (Lipinski definition) is 3. The lowest BCUT2D eigenvalue weighted by atomic mass is 10.2. The Balaban J connectivity index is 1.36. The van der Waals surface area contributed by atoms with Crippen molar-refractivity contribution in [1.82, 2.24) is 14.7 Å². The zero-order valence-corrected chi connectivity index (χ0v) is 27.8. The number of benzene rings is 3. The van der Waals surface area contributed by atoms with Gasteiger partial charge in [-0.25, -0.2) is 13.1 Å².